The van der Waals surface area contributed by atoms with Crippen LogP contribution < -0.4 is 14.8 Å². The Morgan fingerprint density at radius 2 is 2.00 bits per heavy atom. The van der Waals surface area contributed by atoms with Gasteiger partial charge in [0, 0.05) is 23.9 Å². The summed E-state index contributed by atoms with van der Waals surface area (Å²) in [6.45, 7) is 1.38. The average Bonchev–Trinajstić information content (AvgIpc) is 2.61. The summed E-state index contributed by atoms with van der Waals surface area (Å²) in [5.41, 5.74) is 1.42. The van der Waals surface area contributed by atoms with Gasteiger partial charge < -0.3 is 10.1 Å². The Morgan fingerprint density at radius 3 is 2.73 bits per heavy atom. The summed E-state index contributed by atoms with van der Waals surface area (Å²) < 4.78 is 33.7. The lowest BCUT2D eigenvalue weighted by atomic mass is 10.1. The van der Waals surface area contributed by atoms with Crippen LogP contribution in [0.4, 0.5) is 5.69 Å². The van der Waals surface area contributed by atoms with Crippen LogP contribution in [0.5, 0.6) is 5.75 Å². The standard InChI is InChI=1S/C18H20N2O4S2/c1-12(21)19-16-8-7-13(11-17(16)24-2)26(22,23)20-15-9-10-25-18-6-4-3-5-14(15)18/h3-8,11,15,20H,9-10H2,1-2H3,(H,19,21)/t15-/m0/s1. The van der Waals surface area contributed by atoms with E-state index >= 15 is 0 Å². The van der Waals surface area contributed by atoms with Gasteiger partial charge in [-0.2, -0.15) is 0 Å². The molecule has 138 valence electrons. The third-order valence-electron chi connectivity index (χ3n) is 4.05. The summed E-state index contributed by atoms with van der Waals surface area (Å²) in [5, 5.41) is 2.62. The lowest BCUT2D eigenvalue weighted by Gasteiger charge is -2.25. The number of rotatable bonds is 5. The topological polar surface area (TPSA) is 84.5 Å². The van der Waals surface area contributed by atoms with Crippen LogP contribution in [0.15, 0.2) is 52.3 Å². The average molecular weight is 393 g/mol. The molecule has 2 aromatic carbocycles. The van der Waals surface area contributed by atoms with Gasteiger partial charge in [0.2, 0.25) is 15.9 Å². The SMILES string of the molecule is COc1cc(S(=O)(=O)N[C@H]2CCSc3ccccc32)ccc1NC(C)=O. The molecule has 6 nitrogen and oxygen atoms in total. The summed E-state index contributed by atoms with van der Waals surface area (Å²) in [6, 6.07) is 12.0. The molecule has 1 aliphatic rings. The molecular weight excluding hydrogens is 372 g/mol. The highest BCUT2D eigenvalue weighted by atomic mass is 32.2. The van der Waals surface area contributed by atoms with E-state index in [-0.39, 0.29) is 16.8 Å². The lowest BCUT2D eigenvalue weighted by molar-refractivity contribution is -0.114. The number of hydrogen-bond acceptors (Lipinski definition) is 5. The second-order valence-electron chi connectivity index (χ2n) is 5.89. The van der Waals surface area contributed by atoms with Gasteiger partial charge in [0.25, 0.3) is 0 Å². The van der Waals surface area contributed by atoms with Crippen LogP contribution in [0.25, 0.3) is 0 Å². The smallest absolute Gasteiger partial charge is 0.241 e. The molecule has 0 aromatic heterocycles. The molecule has 0 spiro atoms. The van der Waals surface area contributed by atoms with E-state index in [4.69, 9.17) is 4.74 Å². The molecule has 1 atom stereocenters. The van der Waals surface area contributed by atoms with Crippen molar-refractivity contribution in [1.29, 1.82) is 0 Å². The van der Waals surface area contributed by atoms with Gasteiger partial charge in [0.1, 0.15) is 5.75 Å². The van der Waals surface area contributed by atoms with Crippen LogP contribution in [-0.2, 0) is 14.8 Å². The molecule has 0 bridgehead atoms. The molecular formula is C18H20N2O4S2. The Balaban J connectivity index is 1.88. The first-order valence-electron chi connectivity index (χ1n) is 8.10. The second-order valence-corrected chi connectivity index (χ2v) is 8.74. The zero-order chi connectivity index (χ0) is 18.7. The van der Waals surface area contributed by atoms with Crippen molar-refractivity contribution in [1.82, 2.24) is 4.72 Å². The van der Waals surface area contributed by atoms with Crippen molar-refractivity contribution in [3.63, 3.8) is 0 Å². The van der Waals surface area contributed by atoms with E-state index in [9.17, 15) is 13.2 Å². The Morgan fingerprint density at radius 1 is 1.23 bits per heavy atom. The first-order valence-corrected chi connectivity index (χ1v) is 10.6. The fourth-order valence-corrected chi connectivity index (χ4v) is 5.24. The summed E-state index contributed by atoms with van der Waals surface area (Å²) >= 11 is 1.73. The molecule has 0 radical (unpaired) electrons. The van der Waals surface area contributed by atoms with Gasteiger partial charge in [-0.25, -0.2) is 13.1 Å². The maximum absolute atomic E-state index is 12.9. The van der Waals surface area contributed by atoms with Crippen LogP contribution in [0.2, 0.25) is 0 Å². The van der Waals surface area contributed by atoms with Gasteiger partial charge in [-0.1, -0.05) is 18.2 Å². The summed E-state index contributed by atoms with van der Waals surface area (Å²) in [5.74, 6) is 0.894. The highest BCUT2D eigenvalue weighted by Crippen LogP contribution is 2.37. The molecule has 0 fully saturated rings. The first-order chi connectivity index (χ1) is 12.4. The van der Waals surface area contributed by atoms with Gasteiger partial charge in [0.05, 0.1) is 17.7 Å². The third-order valence-corrected chi connectivity index (χ3v) is 6.64. The zero-order valence-corrected chi connectivity index (χ0v) is 16.1. The van der Waals surface area contributed by atoms with Crippen molar-refractivity contribution in [2.75, 3.05) is 18.2 Å². The Kier molecular flexibility index (Phi) is 5.55. The maximum Gasteiger partial charge on any atom is 0.241 e. The number of ether oxygens (including phenoxy) is 1. The number of methoxy groups -OCH3 is 1. The number of carbonyl (C=O) groups is 1. The maximum atomic E-state index is 12.9. The quantitative estimate of drug-likeness (QED) is 0.816. The number of sulfonamides is 1. The van der Waals surface area contributed by atoms with Crippen LogP contribution in [0.3, 0.4) is 0 Å². The number of nitrogens with one attached hydrogen (secondary N) is 2. The number of anilines is 1. The molecule has 0 saturated carbocycles. The molecule has 26 heavy (non-hydrogen) atoms. The molecule has 1 aliphatic heterocycles. The predicted octanol–water partition coefficient (Wildman–Crippen LogP) is 3.17. The lowest BCUT2D eigenvalue weighted by Crippen LogP contribution is -2.30. The van der Waals surface area contributed by atoms with E-state index in [1.165, 1.54) is 32.2 Å². The molecule has 2 N–H and O–H groups in total. The van der Waals surface area contributed by atoms with Crippen LogP contribution >= 0.6 is 11.8 Å². The van der Waals surface area contributed by atoms with Gasteiger partial charge in [-0.15, -0.1) is 11.8 Å². The van der Waals surface area contributed by atoms with Crippen molar-refractivity contribution >= 4 is 33.4 Å². The highest BCUT2D eigenvalue weighted by Gasteiger charge is 2.26. The predicted molar refractivity (Wildman–Crippen MR) is 102 cm³/mol. The number of thioether (sulfide) groups is 1. The first kappa shape index (κ1) is 18.8. The van der Waals surface area contributed by atoms with Crippen LogP contribution in [-0.4, -0.2) is 27.2 Å². The zero-order valence-electron chi connectivity index (χ0n) is 14.5. The molecule has 0 saturated heterocycles. The second kappa shape index (κ2) is 7.69. The molecule has 1 amide bonds. The molecule has 3 rings (SSSR count). The minimum Gasteiger partial charge on any atom is -0.495 e. The summed E-state index contributed by atoms with van der Waals surface area (Å²) in [4.78, 5) is 12.4. The van der Waals surface area contributed by atoms with Crippen LogP contribution in [0, 0.1) is 0 Å². The number of carbonyl (C=O) groups excluding carboxylic acids is 1. The monoisotopic (exact) mass is 392 g/mol. The van der Waals surface area contributed by atoms with Gasteiger partial charge in [0.15, 0.2) is 0 Å². The van der Waals surface area contributed by atoms with Gasteiger partial charge >= 0.3 is 0 Å². The number of benzene rings is 2. The van der Waals surface area contributed by atoms with Crippen LogP contribution in [0.1, 0.15) is 24.9 Å². The Hall–Kier alpha value is -2.03. The number of fused-ring (bicyclic) bond motifs is 1. The van der Waals surface area contributed by atoms with Crippen molar-refractivity contribution in [3.05, 3.63) is 48.0 Å². The largest absolute Gasteiger partial charge is 0.495 e. The fraction of sp³-hybridized carbons (Fsp3) is 0.278. The van der Waals surface area contributed by atoms with E-state index < -0.39 is 10.0 Å². The molecule has 8 heteroatoms. The molecule has 0 unspecified atom stereocenters. The third kappa shape index (κ3) is 4.03. The fourth-order valence-electron chi connectivity index (χ4n) is 2.85. The molecule has 1 heterocycles. The van der Waals surface area contributed by atoms with Crippen molar-refractivity contribution in [2.24, 2.45) is 0 Å². The summed E-state index contributed by atoms with van der Waals surface area (Å²) in [7, 11) is -2.30. The van der Waals surface area contributed by atoms with E-state index in [0.29, 0.717) is 11.4 Å². The van der Waals surface area contributed by atoms with Gasteiger partial charge in [-0.05, 0) is 35.9 Å². The van der Waals surface area contributed by atoms with E-state index in [1.807, 2.05) is 24.3 Å². The van der Waals surface area contributed by atoms with E-state index in [2.05, 4.69) is 10.0 Å². The number of amides is 1. The normalized spacial score (nSPS) is 16.6. The van der Waals surface area contributed by atoms with Crippen molar-refractivity contribution < 1.29 is 17.9 Å². The molecule has 2 aromatic rings. The minimum atomic E-state index is -3.73. The highest BCUT2D eigenvalue weighted by molar-refractivity contribution is 7.99. The Labute approximate surface area is 157 Å². The van der Waals surface area contributed by atoms with E-state index in [1.54, 1.807) is 11.8 Å². The Bertz CT molecular complexity index is 929. The van der Waals surface area contributed by atoms with Crippen molar-refractivity contribution in [3.8, 4) is 5.75 Å². The molecule has 0 aliphatic carbocycles. The van der Waals surface area contributed by atoms with Gasteiger partial charge in [-0.3, -0.25) is 4.79 Å². The minimum absolute atomic E-state index is 0.0964. The van der Waals surface area contributed by atoms with Crippen molar-refractivity contribution in [2.45, 2.75) is 29.2 Å². The number of hydrogen-bond donors (Lipinski definition) is 2. The van der Waals surface area contributed by atoms with E-state index in [0.717, 1.165) is 22.6 Å². The summed E-state index contributed by atoms with van der Waals surface area (Å²) in [6.07, 6.45) is 0.724.